The van der Waals surface area contributed by atoms with Gasteiger partial charge in [-0.2, -0.15) is 5.10 Å². The number of methoxy groups -OCH3 is 1. The molecule has 80 valence electrons. The molecule has 1 heterocycles. The predicted octanol–water partition coefficient (Wildman–Crippen LogP) is -0.435. The summed E-state index contributed by atoms with van der Waals surface area (Å²) in [6.07, 6.45) is 1.53. The summed E-state index contributed by atoms with van der Waals surface area (Å²) in [6, 6.07) is 1.36. The summed E-state index contributed by atoms with van der Waals surface area (Å²) in [4.78, 5) is 0. The van der Waals surface area contributed by atoms with Gasteiger partial charge in [-0.15, -0.1) is 0 Å². The van der Waals surface area contributed by atoms with Gasteiger partial charge in [0.1, 0.15) is 0 Å². The molecule has 0 aromatic carbocycles. The average molecular weight is 219 g/mol. The molecular formula is C7H13N3O3S. The van der Waals surface area contributed by atoms with Gasteiger partial charge >= 0.3 is 0 Å². The first-order chi connectivity index (χ1) is 6.43. The molecule has 2 N–H and O–H groups in total. The van der Waals surface area contributed by atoms with Crippen molar-refractivity contribution < 1.29 is 13.2 Å². The van der Waals surface area contributed by atoms with E-state index in [1.54, 1.807) is 13.3 Å². The number of primary sulfonamides is 1. The number of hydrogen-bond donors (Lipinski definition) is 1. The van der Waals surface area contributed by atoms with Crippen LogP contribution in [0.1, 0.15) is 6.92 Å². The zero-order chi connectivity index (χ0) is 10.8. The van der Waals surface area contributed by atoms with Gasteiger partial charge in [0.15, 0.2) is 5.03 Å². The van der Waals surface area contributed by atoms with Crippen molar-refractivity contribution in [2.24, 2.45) is 5.14 Å². The second-order valence-electron chi connectivity index (χ2n) is 2.97. The first-order valence-electron chi connectivity index (χ1n) is 4.02. The number of hydrogen-bond acceptors (Lipinski definition) is 4. The molecule has 0 amide bonds. The second-order valence-corrected chi connectivity index (χ2v) is 4.48. The Morgan fingerprint density at radius 3 is 2.79 bits per heavy atom. The first kappa shape index (κ1) is 11.2. The Labute approximate surface area is 82.7 Å². The lowest BCUT2D eigenvalue weighted by Gasteiger charge is -2.08. The van der Waals surface area contributed by atoms with Crippen molar-refractivity contribution in [2.45, 2.75) is 24.6 Å². The van der Waals surface area contributed by atoms with Gasteiger partial charge in [-0.25, -0.2) is 13.6 Å². The van der Waals surface area contributed by atoms with E-state index in [-0.39, 0.29) is 11.1 Å². The molecule has 0 saturated heterocycles. The number of sulfonamides is 1. The molecule has 0 aliphatic carbocycles. The normalized spacial score (nSPS) is 14.2. The fourth-order valence-electron chi connectivity index (χ4n) is 0.934. The molecule has 1 unspecified atom stereocenters. The second kappa shape index (κ2) is 4.07. The highest BCUT2D eigenvalue weighted by atomic mass is 32.2. The quantitative estimate of drug-likeness (QED) is 0.744. The van der Waals surface area contributed by atoms with Crippen molar-refractivity contribution in [1.82, 2.24) is 9.78 Å². The molecule has 0 bridgehead atoms. The molecule has 7 heteroatoms. The Bertz CT molecular complexity index is 398. The molecule has 6 nitrogen and oxygen atoms in total. The highest BCUT2D eigenvalue weighted by Crippen LogP contribution is 2.03. The minimum absolute atomic E-state index is 0.0248. The minimum atomic E-state index is -3.70. The van der Waals surface area contributed by atoms with Crippen LogP contribution in [0.3, 0.4) is 0 Å². The van der Waals surface area contributed by atoms with Crippen molar-refractivity contribution in [3.63, 3.8) is 0 Å². The van der Waals surface area contributed by atoms with E-state index in [1.807, 2.05) is 6.92 Å². The van der Waals surface area contributed by atoms with Gasteiger partial charge < -0.3 is 4.74 Å². The van der Waals surface area contributed by atoms with Crippen molar-refractivity contribution in [3.05, 3.63) is 12.3 Å². The van der Waals surface area contributed by atoms with Crippen molar-refractivity contribution in [3.8, 4) is 0 Å². The third kappa shape index (κ3) is 2.79. The molecule has 0 saturated carbocycles. The van der Waals surface area contributed by atoms with Gasteiger partial charge in [-0.3, -0.25) is 4.68 Å². The van der Waals surface area contributed by atoms with E-state index in [1.165, 1.54) is 10.7 Å². The zero-order valence-electron chi connectivity index (χ0n) is 8.04. The van der Waals surface area contributed by atoms with E-state index in [0.717, 1.165) is 0 Å². The van der Waals surface area contributed by atoms with Crippen LogP contribution in [0.4, 0.5) is 0 Å². The fraction of sp³-hybridized carbons (Fsp3) is 0.571. The minimum Gasteiger partial charge on any atom is -0.380 e. The lowest BCUT2D eigenvalue weighted by molar-refractivity contribution is 0.0995. The SMILES string of the molecule is COC(C)Cn1ccc(S(N)(=O)=O)n1. The Morgan fingerprint density at radius 1 is 1.71 bits per heavy atom. The molecule has 0 aliphatic heterocycles. The molecule has 0 aliphatic rings. The van der Waals surface area contributed by atoms with Crippen LogP contribution in [0.25, 0.3) is 0 Å². The van der Waals surface area contributed by atoms with Crippen LogP contribution < -0.4 is 5.14 Å². The molecule has 1 atom stereocenters. The summed E-state index contributed by atoms with van der Waals surface area (Å²) in [6.45, 7) is 2.35. The van der Waals surface area contributed by atoms with Crippen LogP contribution in [0.2, 0.25) is 0 Å². The molecule has 0 spiro atoms. The van der Waals surface area contributed by atoms with Crippen LogP contribution >= 0.6 is 0 Å². The number of nitrogens with two attached hydrogens (primary N) is 1. The summed E-state index contributed by atoms with van der Waals surface area (Å²) in [5.74, 6) is 0. The first-order valence-corrected chi connectivity index (χ1v) is 5.57. The highest BCUT2D eigenvalue weighted by molar-refractivity contribution is 7.89. The molecule has 0 fully saturated rings. The Hall–Kier alpha value is -0.920. The molecular weight excluding hydrogens is 206 g/mol. The van der Waals surface area contributed by atoms with E-state index in [2.05, 4.69) is 5.10 Å². The number of aromatic nitrogens is 2. The van der Waals surface area contributed by atoms with Crippen LogP contribution in [0.5, 0.6) is 0 Å². The van der Waals surface area contributed by atoms with Crippen LogP contribution in [-0.2, 0) is 21.3 Å². The molecule has 1 rings (SSSR count). The van der Waals surface area contributed by atoms with Crippen LogP contribution in [0, 0.1) is 0 Å². The number of nitrogens with zero attached hydrogens (tertiary/aromatic N) is 2. The summed E-state index contributed by atoms with van der Waals surface area (Å²) in [7, 11) is -2.12. The molecule has 1 aromatic rings. The zero-order valence-corrected chi connectivity index (χ0v) is 8.86. The van der Waals surface area contributed by atoms with Crippen molar-refractivity contribution in [1.29, 1.82) is 0 Å². The van der Waals surface area contributed by atoms with E-state index in [9.17, 15) is 8.42 Å². The summed E-state index contributed by atoms with van der Waals surface area (Å²) in [5.41, 5.74) is 0. The van der Waals surface area contributed by atoms with Gasteiger partial charge in [0.25, 0.3) is 10.0 Å². The van der Waals surface area contributed by atoms with Gasteiger partial charge in [0.2, 0.25) is 0 Å². The standard InChI is InChI=1S/C7H13N3O3S/c1-6(13-2)5-10-4-3-7(9-10)14(8,11)12/h3-4,6H,5H2,1-2H3,(H2,8,11,12). The average Bonchev–Trinajstić information content (AvgIpc) is 2.51. The number of ether oxygens (including phenoxy) is 1. The van der Waals surface area contributed by atoms with E-state index in [0.29, 0.717) is 6.54 Å². The lowest BCUT2D eigenvalue weighted by Crippen LogP contribution is -2.17. The maximum absolute atomic E-state index is 10.9. The highest BCUT2D eigenvalue weighted by Gasteiger charge is 2.12. The molecule has 0 radical (unpaired) electrons. The van der Waals surface area contributed by atoms with Crippen molar-refractivity contribution >= 4 is 10.0 Å². The molecule has 1 aromatic heterocycles. The maximum atomic E-state index is 10.9. The van der Waals surface area contributed by atoms with Crippen LogP contribution in [0.15, 0.2) is 17.3 Å². The largest absolute Gasteiger partial charge is 0.380 e. The van der Waals surface area contributed by atoms with Gasteiger partial charge in [-0.1, -0.05) is 0 Å². The third-order valence-corrected chi connectivity index (χ3v) is 2.55. The van der Waals surface area contributed by atoms with E-state index in [4.69, 9.17) is 9.88 Å². The topological polar surface area (TPSA) is 87.2 Å². The Balaban J connectivity index is 2.79. The predicted molar refractivity (Wildman–Crippen MR) is 50.1 cm³/mol. The van der Waals surface area contributed by atoms with Gasteiger partial charge in [0.05, 0.1) is 12.6 Å². The Morgan fingerprint density at radius 2 is 2.36 bits per heavy atom. The summed E-state index contributed by atoms with van der Waals surface area (Å²) in [5, 5.41) is 8.57. The molecule has 14 heavy (non-hydrogen) atoms. The van der Waals surface area contributed by atoms with E-state index >= 15 is 0 Å². The van der Waals surface area contributed by atoms with Gasteiger partial charge in [0, 0.05) is 13.3 Å². The summed E-state index contributed by atoms with van der Waals surface area (Å²) >= 11 is 0. The fourth-order valence-corrected chi connectivity index (χ4v) is 1.40. The third-order valence-electron chi connectivity index (χ3n) is 1.75. The number of rotatable bonds is 4. The van der Waals surface area contributed by atoms with Gasteiger partial charge in [-0.05, 0) is 13.0 Å². The van der Waals surface area contributed by atoms with Crippen molar-refractivity contribution in [2.75, 3.05) is 7.11 Å². The van der Waals surface area contributed by atoms with E-state index < -0.39 is 10.0 Å². The maximum Gasteiger partial charge on any atom is 0.257 e. The lowest BCUT2D eigenvalue weighted by atomic mass is 10.4. The Kier molecular flexibility index (Phi) is 3.25. The van der Waals surface area contributed by atoms with Crippen LogP contribution in [-0.4, -0.2) is 31.4 Å². The monoisotopic (exact) mass is 219 g/mol. The smallest absolute Gasteiger partial charge is 0.257 e. The summed E-state index contributed by atoms with van der Waals surface area (Å²) < 4.78 is 28.2.